The van der Waals surface area contributed by atoms with Gasteiger partial charge >= 0.3 is 0 Å². The smallest absolute Gasteiger partial charge is 0.262 e. The van der Waals surface area contributed by atoms with E-state index >= 15 is 0 Å². The third kappa shape index (κ3) is 5.72. The van der Waals surface area contributed by atoms with Gasteiger partial charge in [0.15, 0.2) is 6.61 Å². The normalized spacial score (nSPS) is 11.0. The fourth-order valence-corrected chi connectivity index (χ4v) is 4.26. The summed E-state index contributed by atoms with van der Waals surface area (Å²) in [6, 6.07) is 16.3. The van der Waals surface area contributed by atoms with Crippen LogP contribution in [-0.2, 0) is 14.8 Å². The summed E-state index contributed by atoms with van der Waals surface area (Å²) in [4.78, 5) is 12.4. The number of nitrogens with one attached hydrogen (secondary N) is 2. The van der Waals surface area contributed by atoms with Crippen LogP contribution in [0.3, 0.4) is 0 Å². The van der Waals surface area contributed by atoms with Crippen molar-refractivity contribution in [2.75, 3.05) is 23.8 Å². The molecule has 0 radical (unpaired) electrons. The Kier molecular flexibility index (Phi) is 7.27. The standard InChI is InChI=1S/C23H23ClN2O5S/c1-15-8-10-18(32(28,29)26-19-6-4-5-7-22(19)30-3)13-20(15)25-23(27)14-31-21-11-9-17(24)12-16(21)2/h4-13,26H,14H2,1-3H3,(H,25,27). The summed E-state index contributed by atoms with van der Waals surface area (Å²) < 4.78 is 39.0. The van der Waals surface area contributed by atoms with Gasteiger partial charge in [-0.05, 0) is 67.4 Å². The molecule has 0 fully saturated rings. The van der Waals surface area contributed by atoms with Crippen molar-refractivity contribution >= 4 is 38.9 Å². The van der Waals surface area contributed by atoms with Gasteiger partial charge in [0.1, 0.15) is 11.5 Å². The molecule has 0 saturated carbocycles. The van der Waals surface area contributed by atoms with E-state index in [0.29, 0.717) is 33.5 Å². The van der Waals surface area contributed by atoms with Crippen molar-refractivity contribution in [1.82, 2.24) is 0 Å². The van der Waals surface area contributed by atoms with Gasteiger partial charge in [-0.25, -0.2) is 8.42 Å². The maximum absolute atomic E-state index is 12.9. The second kappa shape index (κ2) is 9.93. The third-order valence-electron chi connectivity index (χ3n) is 4.64. The number of ether oxygens (including phenoxy) is 2. The number of carbonyl (C=O) groups is 1. The molecule has 2 N–H and O–H groups in total. The van der Waals surface area contributed by atoms with Crippen LogP contribution in [0.25, 0.3) is 0 Å². The molecule has 0 saturated heterocycles. The van der Waals surface area contributed by atoms with Crippen molar-refractivity contribution in [3.63, 3.8) is 0 Å². The molecule has 0 aliphatic carbocycles. The topological polar surface area (TPSA) is 93.7 Å². The number of para-hydroxylation sites is 2. The molecular weight excluding hydrogens is 452 g/mol. The number of aryl methyl sites for hydroxylation is 2. The van der Waals surface area contributed by atoms with Crippen molar-refractivity contribution in [1.29, 1.82) is 0 Å². The van der Waals surface area contributed by atoms with Gasteiger partial charge in [0.25, 0.3) is 15.9 Å². The second-order valence-corrected chi connectivity index (χ2v) is 9.15. The zero-order valence-electron chi connectivity index (χ0n) is 17.8. The fourth-order valence-electron chi connectivity index (χ4n) is 2.94. The zero-order valence-corrected chi connectivity index (χ0v) is 19.4. The number of hydrogen-bond acceptors (Lipinski definition) is 5. The molecule has 7 nitrogen and oxygen atoms in total. The Bertz CT molecular complexity index is 1240. The molecule has 1 amide bonds. The number of hydrogen-bond donors (Lipinski definition) is 2. The number of rotatable bonds is 8. The Morgan fingerprint density at radius 1 is 0.938 bits per heavy atom. The Balaban J connectivity index is 1.74. The fraction of sp³-hybridized carbons (Fsp3) is 0.174. The summed E-state index contributed by atoms with van der Waals surface area (Å²) in [5.74, 6) is 0.514. The molecule has 0 aliphatic rings. The summed E-state index contributed by atoms with van der Waals surface area (Å²) in [6.07, 6.45) is 0. The van der Waals surface area contributed by atoms with Crippen LogP contribution in [0.15, 0.2) is 65.6 Å². The molecule has 0 unspecified atom stereocenters. The molecule has 0 aromatic heterocycles. The maximum atomic E-state index is 12.9. The van der Waals surface area contributed by atoms with Crippen LogP contribution in [-0.4, -0.2) is 28.0 Å². The van der Waals surface area contributed by atoms with Gasteiger partial charge in [0.05, 0.1) is 17.7 Å². The first-order valence-corrected chi connectivity index (χ1v) is 11.5. The maximum Gasteiger partial charge on any atom is 0.262 e. The van der Waals surface area contributed by atoms with Crippen LogP contribution in [0.4, 0.5) is 11.4 Å². The minimum absolute atomic E-state index is 0.00114. The van der Waals surface area contributed by atoms with E-state index in [1.807, 2.05) is 6.92 Å². The average molecular weight is 475 g/mol. The van der Waals surface area contributed by atoms with E-state index in [0.717, 1.165) is 5.56 Å². The predicted octanol–water partition coefficient (Wildman–Crippen LogP) is 4.78. The molecular formula is C23H23ClN2O5S. The van der Waals surface area contributed by atoms with Crippen molar-refractivity contribution < 1.29 is 22.7 Å². The van der Waals surface area contributed by atoms with Crippen molar-refractivity contribution in [3.8, 4) is 11.5 Å². The first kappa shape index (κ1) is 23.4. The van der Waals surface area contributed by atoms with E-state index in [1.165, 1.54) is 19.2 Å². The van der Waals surface area contributed by atoms with Gasteiger partial charge < -0.3 is 14.8 Å². The number of methoxy groups -OCH3 is 1. The Labute approximate surface area is 192 Å². The predicted molar refractivity (Wildman–Crippen MR) is 125 cm³/mol. The summed E-state index contributed by atoms with van der Waals surface area (Å²) >= 11 is 5.93. The summed E-state index contributed by atoms with van der Waals surface area (Å²) in [6.45, 7) is 3.36. The molecule has 3 rings (SSSR count). The number of halogens is 1. The molecule has 0 bridgehead atoms. The molecule has 0 aliphatic heterocycles. The number of amides is 1. The molecule has 3 aromatic rings. The highest BCUT2D eigenvalue weighted by molar-refractivity contribution is 7.92. The highest BCUT2D eigenvalue weighted by Crippen LogP contribution is 2.28. The summed E-state index contributed by atoms with van der Waals surface area (Å²) in [5.41, 5.74) is 2.19. The number of anilines is 2. The van der Waals surface area contributed by atoms with Crippen molar-refractivity contribution in [3.05, 3.63) is 76.8 Å². The van der Waals surface area contributed by atoms with Crippen LogP contribution in [0.1, 0.15) is 11.1 Å². The lowest BCUT2D eigenvalue weighted by Crippen LogP contribution is -2.21. The first-order chi connectivity index (χ1) is 15.2. The van der Waals surface area contributed by atoms with E-state index in [9.17, 15) is 13.2 Å². The third-order valence-corrected chi connectivity index (χ3v) is 6.24. The lowest BCUT2D eigenvalue weighted by atomic mass is 10.2. The molecule has 0 atom stereocenters. The Hall–Kier alpha value is -3.23. The van der Waals surface area contributed by atoms with Gasteiger partial charge in [-0.1, -0.05) is 29.8 Å². The van der Waals surface area contributed by atoms with Gasteiger partial charge in [-0.3, -0.25) is 9.52 Å². The number of benzene rings is 3. The van der Waals surface area contributed by atoms with Crippen LogP contribution in [0, 0.1) is 13.8 Å². The van der Waals surface area contributed by atoms with E-state index in [-0.39, 0.29) is 11.5 Å². The van der Waals surface area contributed by atoms with Crippen molar-refractivity contribution in [2.45, 2.75) is 18.7 Å². The summed E-state index contributed by atoms with van der Waals surface area (Å²) in [7, 11) is -2.45. The van der Waals surface area contributed by atoms with Crippen LogP contribution < -0.4 is 19.5 Å². The molecule has 9 heteroatoms. The monoisotopic (exact) mass is 474 g/mol. The van der Waals surface area contributed by atoms with Gasteiger partial charge in [-0.15, -0.1) is 0 Å². The molecule has 3 aromatic carbocycles. The van der Waals surface area contributed by atoms with Crippen LogP contribution >= 0.6 is 11.6 Å². The lowest BCUT2D eigenvalue weighted by Gasteiger charge is -2.14. The van der Waals surface area contributed by atoms with Gasteiger partial charge in [-0.2, -0.15) is 0 Å². The highest BCUT2D eigenvalue weighted by atomic mass is 35.5. The minimum atomic E-state index is -3.91. The average Bonchev–Trinajstić information content (AvgIpc) is 2.74. The molecule has 32 heavy (non-hydrogen) atoms. The molecule has 0 spiro atoms. The van der Waals surface area contributed by atoms with Gasteiger partial charge in [0.2, 0.25) is 0 Å². The van der Waals surface area contributed by atoms with E-state index in [2.05, 4.69) is 10.0 Å². The van der Waals surface area contributed by atoms with E-state index in [1.54, 1.807) is 55.5 Å². The minimum Gasteiger partial charge on any atom is -0.495 e. The Morgan fingerprint density at radius 3 is 2.41 bits per heavy atom. The van der Waals surface area contributed by atoms with E-state index in [4.69, 9.17) is 21.1 Å². The molecule has 0 heterocycles. The largest absolute Gasteiger partial charge is 0.495 e. The Morgan fingerprint density at radius 2 is 1.69 bits per heavy atom. The van der Waals surface area contributed by atoms with E-state index < -0.39 is 15.9 Å². The SMILES string of the molecule is COc1ccccc1NS(=O)(=O)c1ccc(C)c(NC(=O)COc2ccc(Cl)cc2C)c1. The second-order valence-electron chi connectivity index (χ2n) is 7.03. The highest BCUT2D eigenvalue weighted by Gasteiger charge is 2.18. The van der Waals surface area contributed by atoms with Crippen LogP contribution in [0.2, 0.25) is 5.02 Å². The van der Waals surface area contributed by atoms with Gasteiger partial charge in [0, 0.05) is 10.7 Å². The quantitative estimate of drug-likeness (QED) is 0.490. The first-order valence-electron chi connectivity index (χ1n) is 9.65. The van der Waals surface area contributed by atoms with Crippen LogP contribution in [0.5, 0.6) is 11.5 Å². The number of carbonyl (C=O) groups excluding carboxylic acids is 1. The van der Waals surface area contributed by atoms with Crippen molar-refractivity contribution in [2.24, 2.45) is 0 Å². The summed E-state index contributed by atoms with van der Waals surface area (Å²) in [5, 5.41) is 3.28. The lowest BCUT2D eigenvalue weighted by molar-refractivity contribution is -0.118. The number of sulfonamides is 1. The zero-order chi connectivity index (χ0) is 23.3. The molecule has 168 valence electrons.